The van der Waals surface area contributed by atoms with Crippen molar-refractivity contribution in [2.45, 2.75) is 13.5 Å². The maximum atomic E-state index is 12.4. The lowest BCUT2D eigenvalue weighted by Crippen LogP contribution is -2.46. The van der Waals surface area contributed by atoms with E-state index in [1.807, 2.05) is 0 Å². The molecule has 0 aliphatic rings. The number of thiophene rings is 1. The number of hydrogen-bond acceptors (Lipinski definition) is 7. The zero-order valence-electron chi connectivity index (χ0n) is 13.6. The highest BCUT2D eigenvalue weighted by Gasteiger charge is 2.21. The standard InChI is InChI=1S/C16H13Cl2N5O3S.CH4/c17-6-1-2-7(9(18)3-6)12-8-4-11(27-15(8)23-16(20)22-12)14(26)21-10(5-24)13(19)25;/h1-4,10,24H,5H2,(H2,19,25)(H,21,26)(H2,20,22,23);1H4/t10-;/m0./s1. The molecule has 0 bridgehead atoms. The van der Waals surface area contributed by atoms with Gasteiger partial charge in [-0.1, -0.05) is 30.6 Å². The van der Waals surface area contributed by atoms with E-state index in [0.717, 1.165) is 11.3 Å². The van der Waals surface area contributed by atoms with Gasteiger partial charge < -0.3 is 21.9 Å². The van der Waals surface area contributed by atoms with Gasteiger partial charge in [0.25, 0.3) is 5.91 Å². The van der Waals surface area contributed by atoms with Crippen molar-refractivity contribution in [3.05, 3.63) is 39.2 Å². The number of primary amides is 1. The van der Waals surface area contributed by atoms with Gasteiger partial charge in [0, 0.05) is 16.0 Å². The van der Waals surface area contributed by atoms with Crippen molar-refractivity contribution in [2.75, 3.05) is 12.3 Å². The van der Waals surface area contributed by atoms with Crippen LogP contribution in [0.1, 0.15) is 17.1 Å². The summed E-state index contributed by atoms with van der Waals surface area (Å²) in [7, 11) is 0. The number of aromatic nitrogens is 2. The van der Waals surface area contributed by atoms with Crippen LogP contribution in [0.25, 0.3) is 21.5 Å². The van der Waals surface area contributed by atoms with Crippen LogP contribution in [0.5, 0.6) is 0 Å². The normalized spacial score (nSPS) is 11.7. The van der Waals surface area contributed by atoms with Crippen LogP contribution in [0.15, 0.2) is 24.3 Å². The van der Waals surface area contributed by atoms with E-state index < -0.39 is 24.5 Å². The number of amides is 2. The number of fused-ring (bicyclic) bond motifs is 1. The molecule has 0 saturated heterocycles. The predicted molar refractivity (Wildman–Crippen MR) is 112 cm³/mol. The van der Waals surface area contributed by atoms with Crippen molar-refractivity contribution in [3.8, 4) is 11.3 Å². The van der Waals surface area contributed by atoms with Crippen LogP contribution >= 0.6 is 34.5 Å². The second-order valence-electron chi connectivity index (χ2n) is 5.50. The number of nitrogens with two attached hydrogens (primary N) is 2. The number of hydrogen-bond donors (Lipinski definition) is 4. The van der Waals surface area contributed by atoms with Gasteiger partial charge in [0.15, 0.2) is 0 Å². The van der Waals surface area contributed by atoms with Crippen molar-refractivity contribution >= 4 is 62.5 Å². The number of halogens is 2. The maximum Gasteiger partial charge on any atom is 0.262 e. The fraction of sp³-hybridized carbons (Fsp3) is 0.176. The van der Waals surface area contributed by atoms with Crippen LogP contribution in [0.3, 0.4) is 0 Å². The maximum absolute atomic E-state index is 12.4. The summed E-state index contributed by atoms with van der Waals surface area (Å²) in [6.45, 7) is -0.607. The van der Waals surface area contributed by atoms with E-state index in [-0.39, 0.29) is 18.3 Å². The highest BCUT2D eigenvalue weighted by atomic mass is 35.5. The predicted octanol–water partition coefficient (Wildman–Crippen LogP) is 2.46. The minimum atomic E-state index is -1.19. The molecule has 6 N–H and O–H groups in total. The van der Waals surface area contributed by atoms with Gasteiger partial charge in [-0.25, -0.2) is 9.97 Å². The van der Waals surface area contributed by atoms with Gasteiger partial charge in [-0.2, -0.15) is 0 Å². The molecule has 8 nitrogen and oxygen atoms in total. The molecule has 0 fully saturated rings. The fourth-order valence-electron chi connectivity index (χ4n) is 2.37. The van der Waals surface area contributed by atoms with Crippen molar-refractivity contribution in [1.29, 1.82) is 0 Å². The van der Waals surface area contributed by atoms with Crippen LogP contribution in [0, 0.1) is 0 Å². The Morgan fingerprint density at radius 2 is 1.96 bits per heavy atom. The van der Waals surface area contributed by atoms with Gasteiger partial charge in [0.1, 0.15) is 10.9 Å². The molecule has 2 heterocycles. The zero-order chi connectivity index (χ0) is 19.7. The molecule has 1 atom stereocenters. The van der Waals surface area contributed by atoms with Crippen LogP contribution in [-0.2, 0) is 4.79 Å². The van der Waals surface area contributed by atoms with Gasteiger partial charge >= 0.3 is 0 Å². The molecule has 0 spiro atoms. The van der Waals surface area contributed by atoms with Gasteiger partial charge in [-0.05, 0) is 24.3 Å². The summed E-state index contributed by atoms with van der Waals surface area (Å²) in [4.78, 5) is 32.7. The Labute approximate surface area is 174 Å². The Balaban J connectivity index is 0.00000280. The Morgan fingerprint density at radius 1 is 1.25 bits per heavy atom. The molecule has 0 saturated carbocycles. The first-order valence-electron chi connectivity index (χ1n) is 7.53. The van der Waals surface area contributed by atoms with E-state index >= 15 is 0 Å². The lowest BCUT2D eigenvalue weighted by atomic mass is 10.1. The molecule has 3 aromatic rings. The second-order valence-corrected chi connectivity index (χ2v) is 7.37. The third-order valence-electron chi connectivity index (χ3n) is 3.65. The summed E-state index contributed by atoms with van der Waals surface area (Å²) in [5, 5.41) is 12.9. The number of carbonyl (C=O) groups excluding carboxylic acids is 2. The van der Waals surface area contributed by atoms with Gasteiger partial charge in [-0.3, -0.25) is 9.59 Å². The summed E-state index contributed by atoms with van der Waals surface area (Å²) < 4.78 is 0. The summed E-state index contributed by atoms with van der Waals surface area (Å²) in [5.41, 5.74) is 11.9. The molecular weight excluding hydrogens is 425 g/mol. The second kappa shape index (κ2) is 8.70. The van der Waals surface area contributed by atoms with E-state index in [4.69, 9.17) is 39.8 Å². The lowest BCUT2D eigenvalue weighted by Gasteiger charge is -2.11. The third kappa shape index (κ3) is 4.33. The molecule has 2 aromatic heterocycles. The topological polar surface area (TPSA) is 144 Å². The average molecular weight is 442 g/mol. The number of aliphatic hydroxyl groups is 1. The van der Waals surface area contributed by atoms with E-state index in [1.54, 1.807) is 24.3 Å². The number of aliphatic hydroxyl groups excluding tert-OH is 1. The largest absolute Gasteiger partial charge is 0.394 e. The molecular formula is C17H17Cl2N5O3S. The molecule has 2 amide bonds. The Morgan fingerprint density at radius 3 is 2.57 bits per heavy atom. The number of rotatable bonds is 5. The number of benzene rings is 1. The summed E-state index contributed by atoms with van der Waals surface area (Å²) in [6.07, 6.45) is 0. The highest BCUT2D eigenvalue weighted by Crippen LogP contribution is 2.36. The quantitative estimate of drug-likeness (QED) is 0.478. The smallest absolute Gasteiger partial charge is 0.262 e. The molecule has 28 heavy (non-hydrogen) atoms. The number of anilines is 1. The number of nitrogens with one attached hydrogen (secondary N) is 1. The molecule has 148 valence electrons. The van der Waals surface area contributed by atoms with Crippen molar-refractivity contribution in [1.82, 2.24) is 15.3 Å². The molecule has 0 radical (unpaired) electrons. The van der Waals surface area contributed by atoms with Crippen LogP contribution in [0.2, 0.25) is 10.0 Å². The monoisotopic (exact) mass is 441 g/mol. The van der Waals surface area contributed by atoms with Crippen molar-refractivity contribution < 1.29 is 14.7 Å². The van der Waals surface area contributed by atoms with Gasteiger partial charge in [0.05, 0.1) is 22.2 Å². The Kier molecular flexibility index (Phi) is 6.78. The molecule has 3 rings (SSSR count). The SMILES string of the molecule is C.NC(=O)[C@H](CO)NC(=O)c1cc2c(-c3ccc(Cl)cc3Cl)nc(N)nc2s1. The van der Waals surface area contributed by atoms with E-state index in [2.05, 4.69) is 15.3 Å². The molecule has 0 unspecified atom stereocenters. The first-order chi connectivity index (χ1) is 12.8. The minimum Gasteiger partial charge on any atom is -0.394 e. The highest BCUT2D eigenvalue weighted by molar-refractivity contribution is 7.20. The average Bonchev–Trinajstić information content (AvgIpc) is 3.02. The summed E-state index contributed by atoms with van der Waals surface area (Å²) in [5.74, 6) is -1.41. The molecule has 0 aliphatic heterocycles. The fourth-order valence-corrected chi connectivity index (χ4v) is 3.81. The first-order valence-corrected chi connectivity index (χ1v) is 9.11. The number of carbonyl (C=O) groups is 2. The van der Waals surface area contributed by atoms with E-state index in [9.17, 15) is 9.59 Å². The summed E-state index contributed by atoms with van der Waals surface area (Å²) >= 11 is 13.3. The van der Waals surface area contributed by atoms with E-state index in [1.165, 1.54) is 0 Å². The Bertz CT molecular complexity index is 1060. The van der Waals surface area contributed by atoms with Crippen LogP contribution < -0.4 is 16.8 Å². The van der Waals surface area contributed by atoms with Crippen molar-refractivity contribution in [3.63, 3.8) is 0 Å². The zero-order valence-corrected chi connectivity index (χ0v) is 15.9. The van der Waals surface area contributed by atoms with Crippen molar-refractivity contribution in [2.24, 2.45) is 5.73 Å². The van der Waals surface area contributed by atoms with Gasteiger partial charge in [-0.15, -0.1) is 11.3 Å². The number of nitrogen functional groups attached to an aromatic ring is 1. The molecule has 11 heteroatoms. The minimum absolute atomic E-state index is 0. The molecule has 0 aliphatic carbocycles. The van der Waals surface area contributed by atoms with E-state index in [0.29, 0.717) is 31.5 Å². The lowest BCUT2D eigenvalue weighted by molar-refractivity contribution is -0.120. The first kappa shape index (κ1) is 21.8. The van der Waals surface area contributed by atoms with Gasteiger partial charge in [0.2, 0.25) is 11.9 Å². The number of nitrogens with zero attached hydrogens (tertiary/aromatic N) is 2. The van der Waals surface area contributed by atoms with Crippen LogP contribution in [-0.4, -0.2) is 39.5 Å². The van der Waals surface area contributed by atoms with Crippen LogP contribution in [0.4, 0.5) is 5.95 Å². The third-order valence-corrected chi connectivity index (χ3v) is 5.23. The Hall–Kier alpha value is -2.46. The molecule has 1 aromatic carbocycles. The summed E-state index contributed by atoms with van der Waals surface area (Å²) in [6, 6.07) is 5.29.